The molecule has 0 unspecified atom stereocenters. The molecule has 0 aliphatic heterocycles. The summed E-state index contributed by atoms with van der Waals surface area (Å²) in [5, 5.41) is 12.7. The smallest absolute Gasteiger partial charge is 0.280 e. The molecule has 7 heteroatoms. The molecule has 0 aliphatic carbocycles. The summed E-state index contributed by atoms with van der Waals surface area (Å²) in [5.74, 6) is -0.400. The number of nitrogen functional groups attached to an aromatic ring is 1. The maximum absolute atomic E-state index is 11.9. The van der Waals surface area contributed by atoms with E-state index in [9.17, 15) is 4.79 Å². The second-order valence-electron chi connectivity index (χ2n) is 3.95. The number of hydrogen-bond donors (Lipinski definition) is 3. The molecule has 2 aromatic rings. The van der Waals surface area contributed by atoms with E-state index in [-0.39, 0.29) is 11.5 Å². The van der Waals surface area contributed by atoms with Crippen LogP contribution in [0.1, 0.15) is 21.6 Å². The predicted molar refractivity (Wildman–Crippen MR) is 69.7 cm³/mol. The standard InChI is InChI=1S/C11H12ClN5O/c1-5-3-6(2)8(7(12)4-5)14-11(18)9-10(13)16-17-15-9/h3-4H,1-2H3,(H,14,18)(H3,13,15,16,17). The van der Waals surface area contributed by atoms with E-state index in [1.165, 1.54) is 0 Å². The van der Waals surface area contributed by atoms with Gasteiger partial charge in [0.1, 0.15) is 0 Å². The zero-order valence-corrected chi connectivity index (χ0v) is 10.7. The molecule has 0 aliphatic rings. The molecule has 2 rings (SSSR count). The number of nitrogens with zero attached hydrogens (tertiary/aromatic N) is 2. The van der Waals surface area contributed by atoms with Crippen LogP contribution in [0.3, 0.4) is 0 Å². The van der Waals surface area contributed by atoms with Gasteiger partial charge in [-0.05, 0) is 31.0 Å². The van der Waals surface area contributed by atoms with Gasteiger partial charge in [-0.1, -0.05) is 17.7 Å². The number of hydrogen-bond acceptors (Lipinski definition) is 4. The van der Waals surface area contributed by atoms with E-state index in [0.29, 0.717) is 10.7 Å². The molecule has 18 heavy (non-hydrogen) atoms. The fourth-order valence-corrected chi connectivity index (χ4v) is 2.02. The summed E-state index contributed by atoms with van der Waals surface area (Å²) >= 11 is 6.09. The Hall–Kier alpha value is -2.08. The van der Waals surface area contributed by atoms with E-state index >= 15 is 0 Å². The first kappa shape index (κ1) is 12.4. The number of aryl methyl sites for hydroxylation is 2. The minimum absolute atomic E-state index is 0.0473. The van der Waals surface area contributed by atoms with Gasteiger partial charge in [0.25, 0.3) is 5.91 Å². The Kier molecular flexibility index (Phi) is 3.20. The van der Waals surface area contributed by atoms with Crippen molar-refractivity contribution in [2.75, 3.05) is 11.1 Å². The average molecular weight is 266 g/mol. The third kappa shape index (κ3) is 2.28. The molecule has 1 aromatic heterocycles. The number of carbonyl (C=O) groups excluding carboxylic acids is 1. The number of carbonyl (C=O) groups is 1. The zero-order chi connectivity index (χ0) is 13.3. The summed E-state index contributed by atoms with van der Waals surface area (Å²) in [4.78, 5) is 11.9. The molecule has 1 aromatic carbocycles. The quantitative estimate of drug-likeness (QED) is 0.773. The van der Waals surface area contributed by atoms with Gasteiger partial charge in [0.05, 0.1) is 10.7 Å². The van der Waals surface area contributed by atoms with Crippen molar-refractivity contribution in [1.29, 1.82) is 0 Å². The van der Waals surface area contributed by atoms with Crippen LogP contribution in [-0.4, -0.2) is 21.3 Å². The highest BCUT2D eigenvalue weighted by Crippen LogP contribution is 2.27. The minimum Gasteiger partial charge on any atom is -0.380 e. The normalized spacial score (nSPS) is 10.4. The summed E-state index contributed by atoms with van der Waals surface area (Å²) < 4.78 is 0. The largest absolute Gasteiger partial charge is 0.380 e. The molecule has 0 spiro atoms. The van der Waals surface area contributed by atoms with Crippen LogP contribution in [-0.2, 0) is 0 Å². The van der Waals surface area contributed by atoms with Gasteiger partial charge in [0, 0.05) is 0 Å². The molecule has 0 saturated heterocycles. The Labute approximate surface area is 109 Å². The van der Waals surface area contributed by atoms with Gasteiger partial charge in [-0.15, -0.1) is 10.2 Å². The monoisotopic (exact) mass is 265 g/mol. The Balaban J connectivity index is 2.31. The number of nitrogens with one attached hydrogen (secondary N) is 2. The molecule has 0 radical (unpaired) electrons. The van der Waals surface area contributed by atoms with Crippen LogP contribution < -0.4 is 11.1 Å². The third-order valence-electron chi connectivity index (χ3n) is 2.46. The highest BCUT2D eigenvalue weighted by atomic mass is 35.5. The van der Waals surface area contributed by atoms with E-state index in [1.807, 2.05) is 19.9 Å². The maximum atomic E-state index is 11.9. The van der Waals surface area contributed by atoms with Gasteiger partial charge >= 0.3 is 0 Å². The molecule has 1 heterocycles. The van der Waals surface area contributed by atoms with Crippen molar-refractivity contribution >= 4 is 29.0 Å². The lowest BCUT2D eigenvalue weighted by Gasteiger charge is -2.10. The van der Waals surface area contributed by atoms with Crippen LogP contribution in [0.4, 0.5) is 11.5 Å². The number of nitrogens with two attached hydrogens (primary N) is 1. The molecule has 1 amide bonds. The van der Waals surface area contributed by atoms with Crippen molar-refractivity contribution in [2.45, 2.75) is 13.8 Å². The summed E-state index contributed by atoms with van der Waals surface area (Å²) in [7, 11) is 0. The lowest BCUT2D eigenvalue weighted by atomic mass is 10.1. The number of amides is 1. The van der Waals surface area contributed by atoms with Gasteiger partial charge in [-0.3, -0.25) is 4.79 Å². The molecule has 0 fully saturated rings. The number of rotatable bonds is 2. The highest BCUT2D eigenvalue weighted by Gasteiger charge is 2.16. The van der Waals surface area contributed by atoms with Crippen molar-refractivity contribution in [1.82, 2.24) is 15.4 Å². The SMILES string of the molecule is Cc1cc(C)c(NC(=O)c2n[nH]nc2N)c(Cl)c1. The maximum Gasteiger partial charge on any atom is 0.280 e. The molecule has 94 valence electrons. The van der Waals surface area contributed by atoms with E-state index < -0.39 is 5.91 Å². The van der Waals surface area contributed by atoms with Crippen molar-refractivity contribution in [3.8, 4) is 0 Å². The number of H-pyrrole nitrogens is 1. The number of anilines is 2. The Morgan fingerprint density at radius 1 is 1.39 bits per heavy atom. The van der Waals surface area contributed by atoms with Gasteiger partial charge < -0.3 is 11.1 Å². The van der Waals surface area contributed by atoms with Crippen molar-refractivity contribution in [3.05, 3.63) is 34.0 Å². The number of benzene rings is 1. The van der Waals surface area contributed by atoms with E-state index in [2.05, 4.69) is 20.7 Å². The molecule has 6 nitrogen and oxygen atoms in total. The first-order valence-corrected chi connectivity index (χ1v) is 5.61. The predicted octanol–water partition coefficient (Wildman–Crippen LogP) is 1.91. The summed E-state index contributed by atoms with van der Waals surface area (Å²) in [6.07, 6.45) is 0. The van der Waals surface area contributed by atoms with Crippen LogP contribution in [0.25, 0.3) is 0 Å². The third-order valence-corrected chi connectivity index (χ3v) is 2.76. The first-order chi connectivity index (χ1) is 8.49. The Morgan fingerprint density at radius 3 is 2.67 bits per heavy atom. The zero-order valence-electron chi connectivity index (χ0n) is 9.91. The van der Waals surface area contributed by atoms with Crippen molar-refractivity contribution in [2.24, 2.45) is 0 Å². The van der Waals surface area contributed by atoms with Gasteiger partial charge in [-0.2, -0.15) is 5.21 Å². The molecular formula is C11H12ClN5O. The number of halogens is 1. The first-order valence-electron chi connectivity index (χ1n) is 5.23. The molecule has 0 saturated carbocycles. The Bertz CT molecular complexity index is 584. The van der Waals surface area contributed by atoms with E-state index in [4.69, 9.17) is 17.3 Å². The average Bonchev–Trinajstić information content (AvgIpc) is 2.69. The second kappa shape index (κ2) is 4.66. The van der Waals surface area contributed by atoms with Crippen LogP contribution in [0.15, 0.2) is 12.1 Å². The van der Waals surface area contributed by atoms with E-state index in [0.717, 1.165) is 11.1 Å². The second-order valence-corrected chi connectivity index (χ2v) is 4.36. The lowest BCUT2D eigenvalue weighted by Crippen LogP contribution is -2.15. The summed E-state index contributed by atoms with van der Waals surface area (Å²) in [6, 6.07) is 3.70. The van der Waals surface area contributed by atoms with Crippen LogP contribution >= 0.6 is 11.6 Å². The van der Waals surface area contributed by atoms with Crippen molar-refractivity contribution in [3.63, 3.8) is 0 Å². The van der Waals surface area contributed by atoms with Crippen molar-refractivity contribution < 1.29 is 4.79 Å². The van der Waals surface area contributed by atoms with Gasteiger partial charge in [0.2, 0.25) is 0 Å². The van der Waals surface area contributed by atoms with Gasteiger partial charge in [-0.25, -0.2) is 0 Å². The topological polar surface area (TPSA) is 96.7 Å². The molecule has 0 bridgehead atoms. The minimum atomic E-state index is -0.449. The fourth-order valence-electron chi connectivity index (χ4n) is 1.65. The Morgan fingerprint density at radius 2 is 2.11 bits per heavy atom. The van der Waals surface area contributed by atoms with Gasteiger partial charge in [0.15, 0.2) is 11.5 Å². The summed E-state index contributed by atoms with van der Waals surface area (Å²) in [5.41, 5.74) is 7.99. The van der Waals surface area contributed by atoms with E-state index in [1.54, 1.807) is 6.07 Å². The molecular weight excluding hydrogens is 254 g/mol. The van der Waals surface area contributed by atoms with Crippen LogP contribution in [0.5, 0.6) is 0 Å². The summed E-state index contributed by atoms with van der Waals surface area (Å²) in [6.45, 7) is 3.79. The molecule has 4 N–H and O–H groups in total. The highest BCUT2D eigenvalue weighted by molar-refractivity contribution is 6.34. The number of aromatic nitrogens is 3. The number of aromatic amines is 1. The fraction of sp³-hybridized carbons (Fsp3) is 0.182. The molecule has 0 atom stereocenters. The van der Waals surface area contributed by atoms with Crippen LogP contribution in [0.2, 0.25) is 5.02 Å². The lowest BCUT2D eigenvalue weighted by molar-refractivity contribution is 0.102. The van der Waals surface area contributed by atoms with Crippen LogP contribution in [0, 0.1) is 13.8 Å².